The molecule has 0 spiro atoms. The van der Waals surface area contributed by atoms with Crippen LogP contribution >= 0.6 is 11.6 Å². The van der Waals surface area contributed by atoms with Crippen LogP contribution in [0.25, 0.3) is 22.3 Å². The summed E-state index contributed by atoms with van der Waals surface area (Å²) in [5, 5.41) is 16.7. The van der Waals surface area contributed by atoms with Crippen LogP contribution in [0, 0.1) is 0 Å². The maximum atomic E-state index is 13.2. The van der Waals surface area contributed by atoms with E-state index in [1.807, 2.05) is 24.3 Å². The second kappa shape index (κ2) is 10.4. The van der Waals surface area contributed by atoms with E-state index in [0.717, 1.165) is 36.3 Å². The topological polar surface area (TPSA) is 130 Å². The smallest absolute Gasteiger partial charge is 0.257 e. The largest absolute Gasteiger partial charge is 0.495 e. The van der Waals surface area contributed by atoms with Crippen molar-refractivity contribution in [2.45, 2.75) is 31.4 Å². The zero-order valence-corrected chi connectivity index (χ0v) is 22.5. The molecule has 1 saturated heterocycles. The third-order valence-electron chi connectivity index (χ3n) is 7.17. The number of amides is 2. The predicted octanol–water partition coefficient (Wildman–Crippen LogP) is 3.96. The number of pyridine rings is 1. The normalized spacial score (nSPS) is 15.3. The monoisotopic (exact) mass is 558 g/mol. The number of carbonyl (C=O) groups is 2. The van der Waals surface area contributed by atoms with Crippen LogP contribution in [0.4, 0.5) is 11.5 Å². The number of aromatic nitrogens is 3. The van der Waals surface area contributed by atoms with Gasteiger partial charge in [0.25, 0.3) is 11.8 Å². The van der Waals surface area contributed by atoms with Crippen molar-refractivity contribution in [1.82, 2.24) is 20.3 Å². The van der Waals surface area contributed by atoms with Gasteiger partial charge in [0.2, 0.25) is 0 Å². The lowest BCUT2D eigenvalue weighted by Crippen LogP contribution is -2.37. The molecular formula is C29H27ClN6O4. The van der Waals surface area contributed by atoms with Crippen LogP contribution < -0.4 is 20.3 Å². The average molecular weight is 559 g/mol. The van der Waals surface area contributed by atoms with Gasteiger partial charge in [-0.05, 0) is 61.2 Å². The predicted molar refractivity (Wildman–Crippen MR) is 152 cm³/mol. The van der Waals surface area contributed by atoms with Gasteiger partial charge in [-0.3, -0.25) is 14.6 Å². The summed E-state index contributed by atoms with van der Waals surface area (Å²) in [6.07, 6.45) is 5.33. The van der Waals surface area contributed by atoms with Gasteiger partial charge in [0.1, 0.15) is 17.2 Å². The number of anilines is 2. The molecule has 2 aromatic heterocycles. The quantitative estimate of drug-likeness (QED) is 0.296. The molecule has 204 valence electrons. The average Bonchev–Trinajstić information content (AvgIpc) is 3.69. The minimum absolute atomic E-state index is 0.173. The number of aliphatic hydroxyl groups is 1. The maximum Gasteiger partial charge on any atom is 0.257 e. The maximum absolute atomic E-state index is 13.2. The molecule has 1 aliphatic heterocycles. The Labute approximate surface area is 235 Å². The highest BCUT2D eigenvalue weighted by Gasteiger charge is 2.47. The van der Waals surface area contributed by atoms with Gasteiger partial charge < -0.3 is 25.4 Å². The van der Waals surface area contributed by atoms with Crippen LogP contribution in [0.1, 0.15) is 35.2 Å². The first-order valence-electron chi connectivity index (χ1n) is 13.0. The van der Waals surface area contributed by atoms with Crippen molar-refractivity contribution in [2.24, 2.45) is 0 Å². The van der Waals surface area contributed by atoms with Gasteiger partial charge in [-0.25, -0.2) is 9.97 Å². The standard InChI is InChI=1S/C29H27ClN6O4/c1-40-20-12-18(15-31-16-20)25-34-24-13-19(4-5-21(24)26(35-25)36-9-2-10-36)33-27(37)22-11-17(3-6-23(22)30)14-32-28(38)29(39)7-8-29/h3-6,11-13,15-16,39H,2,7-10,14H2,1H3,(H,32,38)(H,33,37). The Morgan fingerprint density at radius 1 is 1.10 bits per heavy atom. The van der Waals surface area contributed by atoms with Crippen LogP contribution in [0.2, 0.25) is 5.02 Å². The molecule has 1 aliphatic carbocycles. The SMILES string of the molecule is COc1cncc(-c2nc(N3CCC3)c3ccc(NC(=O)c4cc(CNC(=O)C5(O)CC5)ccc4Cl)cc3n2)c1. The molecule has 3 N–H and O–H groups in total. The van der Waals surface area contributed by atoms with Crippen molar-refractivity contribution in [3.63, 3.8) is 0 Å². The number of rotatable bonds is 8. The highest BCUT2D eigenvalue weighted by atomic mass is 35.5. The number of ether oxygens (including phenoxy) is 1. The van der Waals surface area contributed by atoms with E-state index in [2.05, 4.69) is 20.5 Å². The van der Waals surface area contributed by atoms with Crippen molar-refractivity contribution < 1.29 is 19.4 Å². The van der Waals surface area contributed by atoms with Crippen molar-refractivity contribution in [1.29, 1.82) is 0 Å². The Bertz CT molecular complexity index is 1640. The molecule has 1 saturated carbocycles. The van der Waals surface area contributed by atoms with Crippen LogP contribution in [0.15, 0.2) is 54.9 Å². The Balaban J connectivity index is 1.27. The lowest BCUT2D eigenvalue weighted by molar-refractivity contribution is -0.131. The minimum Gasteiger partial charge on any atom is -0.495 e. The number of carbonyl (C=O) groups excluding carboxylic acids is 2. The molecular weight excluding hydrogens is 532 g/mol. The molecule has 0 radical (unpaired) electrons. The number of hydrogen-bond donors (Lipinski definition) is 3. The molecule has 2 aromatic carbocycles. The molecule has 0 unspecified atom stereocenters. The van der Waals surface area contributed by atoms with Crippen molar-refractivity contribution in [3.8, 4) is 17.1 Å². The van der Waals surface area contributed by atoms with Crippen molar-refractivity contribution in [3.05, 3.63) is 71.0 Å². The van der Waals surface area contributed by atoms with Gasteiger partial charge in [0, 0.05) is 42.5 Å². The van der Waals surface area contributed by atoms with Gasteiger partial charge in [0.05, 0.1) is 29.4 Å². The summed E-state index contributed by atoms with van der Waals surface area (Å²) >= 11 is 6.36. The second-order valence-corrected chi connectivity index (χ2v) is 10.4. The molecule has 3 heterocycles. The number of nitrogens with zero attached hydrogens (tertiary/aromatic N) is 4. The Morgan fingerprint density at radius 2 is 1.93 bits per heavy atom. The lowest BCUT2D eigenvalue weighted by atomic mass is 10.1. The zero-order chi connectivity index (χ0) is 27.9. The van der Waals surface area contributed by atoms with E-state index in [-0.39, 0.29) is 17.1 Å². The number of nitrogens with one attached hydrogen (secondary N) is 2. The van der Waals surface area contributed by atoms with Gasteiger partial charge >= 0.3 is 0 Å². The summed E-state index contributed by atoms with van der Waals surface area (Å²) in [7, 11) is 1.58. The third-order valence-corrected chi connectivity index (χ3v) is 7.50. The molecule has 2 fully saturated rings. The first-order chi connectivity index (χ1) is 19.3. The molecule has 10 nitrogen and oxygen atoms in total. The first kappa shape index (κ1) is 26.0. The highest BCUT2D eigenvalue weighted by molar-refractivity contribution is 6.34. The van der Waals surface area contributed by atoms with E-state index in [1.165, 1.54) is 0 Å². The molecule has 0 atom stereocenters. The molecule has 4 aromatic rings. The van der Waals surface area contributed by atoms with E-state index in [1.54, 1.807) is 37.7 Å². The minimum atomic E-state index is -1.26. The lowest BCUT2D eigenvalue weighted by Gasteiger charge is -2.33. The Hall–Kier alpha value is -4.28. The Kier molecular flexibility index (Phi) is 6.73. The van der Waals surface area contributed by atoms with E-state index >= 15 is 0 Å². The van der Waals surface area contributed by atoms with E-state index in [4.69, 9.17) is 26.3 Å². The van der Waals surface area contributed by atoms with Gasteiger partial charge in [-0.15, -0.1) is 0 Å². The van der Waals surface area contributed by atoms with Crippen LogP contribution in [0.3, 0.4) is 0 Å². The summed E-state index contributed by atoms with van der Waals surface area (Å²) in [6.45, 7) is 2.00. The zero-order valence-electron chi connectivity index (χ0n) is 21.8. The van der Waals surface area contributed by atoms with Crippen molar-refractivity contribution >= 4 is 45.8 Å². The molecule has 6 rings (SSSR count). The second-order valence-electron chi connectivity index (χ2n) is 10.0. The van der Waals surface area contributed by atoms with E-state index in [0.29, 0.717) is 41.2 Å². The van der Waals surface area contributed by atoms with Gasteiger partial charge in [-0.2, -0.15) is 0 Å². The highest BCUT2D eigenvalue weighted by Crippen LogP contribution is 2.35. The number of halogens is 1. The molecule has 0 bridgehead atoms. The number of methoxy groups -OCH3 is 1. The molecule has 2 aliphatic rings. The fraction of sp³-hybridized carbons (Fsp3) is 0.276. The van der Waals surface area contributed by atoms with Crippen molar-refractivity contribution in [2.75, 3.05) is 30.4 Å². The van der Waals surface area contributed by atoms with Crippen LogP contribution in [0.5, 0.6) is 5.75 Å². The van der Waals surface area contributed by atoms with Crippen LogP contribution in [-0.2, 0) is 11.3 Å². The van der Waals surface area contributed by atoms with Gasteiger partial charge in [0.15, 0.2) is 5.82 Å². The number of fused-ring (bicyclic) bond motifs is 1. The van der Waals surface area contributed by atoms with E-state index < -0.39 is 17.4 Å². The number of benzene rings is 2. The first-order valence-corrected chi connectivity index (χ1v) is 13.4. The summed E-state index contributed by atoms with van der Waals surface area (Å²) in [5.41, 5.74) is 1.64. The third kappa shape index (κ3) is 5.15. The van der Waals surface area contributed by atoms with Gasteiger partial charge in [-0.1, -0.05) is 17.7 Å². The summed E-state index contributed by atoms with van der Waals surface area (Å²) in [4.78, 5) is 41.4. The molecule has 11 heteroatoms. The summed E-state index contributed by atoms with van der Waals surface area (Å²) < 4.78 is 5.32. The molecule has 2 amide bonds. The van der Waals surface area contributed by atoms with Crippen LogP contribution in [-0.4, -0.2) is 57.7 Å². The molecule has 40 heavy (non-hydrogen) atoms. The fourth-order valence-electron chi connectivity index (χ4n) is 4.49. The summed E-state index contributed by atoms with van der Waals surface area (Å²) in [6, 6.07) is 12.3. The van der Waals surface area contributed by atoms with E-state index in [9.17, 15) is 14.7 Å². The Morgan fingerprint density at radius 3 is 2.65 bits per heavy atom. The summed E-state index contributed by atoms with van der Waals surface area (Å²) in [5.74, 6) is 1.15. The fourth-order valence-corrected chi connectivity index (χ4v) is 4.69. The number of hydrogen-bond acceptors (Lipinski definition) is 8.